The molecule has 0 unspecified atom stereocenters. The Balaban J connectivity index is 1.98. The van der Waals surface area contributed by atoms with Crippen molar-refractivity contribution in [2.45, 2.75) is 32.7 Å². The van der Waals surface area contributed by atoms with Crippen molar-refractivity contribution in [2.75, 3.05) is 12.4 Å². The minimum Gasteiger partial charge on any atom is -0.338 e. The first-order valence-electron chi connectivity index (χ1n) is 8.65. The second-order valence-corrected chi connectivity index (χ2v) is 7.30. The number of carbonyl (C=O) groups excluding carboxylic acids is 2. The Hall–Kier alpha value is -2.88. The molecule has 0 aliphatic carbocycles. The summed E-state index contributed by atoms with van der Waals surface area (Å²) in [5, 5.41) is 2.86. The van der Waals surface area contributed by atoms with Gasteiger partial charge < -0.3 is 10.2 Å². The minimum absolute atomic E-state index is 0.0840. The summed E-state index contributed by atoms with van der Waals surface area (Å²) in [5.41, 5.74) is 2.77. The SMILES string of the molecule is CN(Cc1ccccc1)C(=O)C=CC(=O)Nc1ccccc1C(C)(C)C. The van der Waals surface area contributed by atoms with Gasteiger partial charge in [0.15, 0.2) is 0 Å². The number of nitrogens with one attached hydrogen (secondary N) is 1. The molecule has 0 radical (unpaired) electrons. The summed E-state index contributed by atoms with van der Waals surface area (Å²) >= 11 is 0. The minimum atomic E-state index is -0.317. The zero-order valence-corrected chi connectivity index (χ0v) is 15.8. The van der Waals surface area contributed by atoms with Crippen molar-refractivity contribution in [3.05, 3.63) is 77.9 Å². The Morgan fingerprint density at radius 3 is 2.23 bits per heavy atom. The third kappa shape index (κ3) is 5.59. The van der Waals surface area contributed by atoms with E-state index in [1.807, 2.05) is 54.6 Å². The molecule has 0 aromatic heterocycles. The van der Waals surface area contributed by atoms with Gasteiger partial charge in [0.2, 0.25) is 11.8 Å². The molecule has 0 aliphatic heterocycles. The van der Waals surface area contributed by atoms with Crippen molar-refractivity contribution < 1.29 is 9.59 Å². The molecule has 136 valence electrons. The first kappa shape index (κ1) is 19.4. The number of hydrogen-bond donors (Lipinski definition) is 1. The Kier molecular flexibility index (Phi) is 6.34. The van der Waals surface area contributed by atoms with Crippen molar-refractivity contribution in [1.29, 1.82) is 0 Å². The average molecular weight is 350 g/mol. The second kappa shape index (κ2) is 8.48. The third-order valence-corrected chi connectivity index (χ3v) is 4.01. The molecule has 4 heteroatoms. The van der Waals surface area contributed by atoms with Crippen LogP contribution in [0.2, 0.25) is 0 Å². The first-order valence-corrected chi connectivity index (χ1v) is 8.65. The molecule has 0 heterocycles. The highest BCUT2D eigenvalue weighted by Crippen LogP contribution is 2.29. The maximum Gasteiger partial charge on any atom is 0.248 e. The van der Waals surface area contributed by atoms with Gasteiger partial charge in [-0.15, -0.1) is 0 Å². The summed E-state index contributed by atoms with van der Waals surface area (Å²) in [6, 6.07) is 17.4. The molecule has 4 nitrogen and oxygen atoms in total. The molecule has 2 aromatic rings. The van der Waals surface area contributed by atoms with Gasteiger partial charge in [0.25, 0.3) is 0 Å². The topological polar surface area (TPSA) is 49.4 Å². The molecular weight excluding hydrogens is 324 g/mol. The number of carbonyl (C=O) groups is 2. The summed E-state index contributed by atoms with van der Waals surface area (Å²) in [4.78, 5) is 26.0. The number of benzene rings is 2. The van der Waals surface area contributed by atoms with E-state index in [0.717, 1.165) is 16.8 Å². The highest BCUT2D eigenvalue weighted by molar-refractivity contribution is 6.03. The fraction of sp³-hybridized carbons (Fsp3) is 0.273. The van der Waals surface area contributed by atoms with Crippen LogP contribution in [0.5, 0.6) is 0 Å². The normalized spacial score (nSPS) is 11.4. The summed E-state index contributed by atoms with van der Waals surface area (Å²) in [6.45, 7) is 6.78. The Bertz CT molecular complexity index is 789. The maximum absolute atomic E-state index is 12.2. The number of hydrogen-bond acceptors (Lipinski definition) is 2. The zero-order chi connectivity index (χ0) is 19.2. The van der Waals surface area contributed by atoms with E-state index in [2.05, 4.69) is 26.1 Å². The summed E-state index contributed by atoms with van der Waals surface area (Å²) in [7, 11) is 1.71. The molecule has 0 saturated carbocycles. The number of rotatable bonds is 5. The van der Waals surface area contributed by atoms with E-state index in [9.17, 15) is 9.59 Å². The monoisotopic (exact) mass is 350 g/mol. The van der Waals surface area contributed by atoms with E-state index in [1.165, 1.54) is 12.2 Å². The lowest BCUT2D eigenvalue weighted by Gasteiger charge is -2.22. The van der Waals surface area contributed by atoms with Crippen LogP contribution < -0.4 is 5.32 Å². The largest absolute Gasteiger partial charge is 0.338 e. The van der Waals surface area contributed by atoms with Crippen LogP contribution in [0.4, 0.5) is 5.69 Å². The van der Waals surface area contributed by atoms with Gasteiger partial charge in [0.05, 0.1) is 0 Å². The van der Waals surface area contributed by atoms with Crippen LogP contribution in [-0.4, -0.2) is 23.8 Å². The van der Waals surface area contributed by atoms with Crippen LogP contribution in [0.25, 0.3) is 0 Å². The Morgan fingerprint density at radius 1 is 0.962 bits per heavy atom. The van der Waals surface area contributed by atoms with Crippen LogP contribution >= 0.6 is 0 Å². The molecule has 0 fully saturated rings. The lowest BCUT2D eigenvalue weighted by molar-refractivity contribution is -0.125. The maximum atomic E-state index is 12.2. The predicted molar refractivity (Wildman–Crippen MR) is 106 cm³/mol. The fourth-order valence-electron chi connectivity index (χ4n) is 2.63. The highest BCUT2D eigenvalue weighted by atomic mass is 16.2. The van der Waals surface area contributed by atoms with Crippen LogP contribution in [0.3, 0.4) is 0 Å². The lowest BCUT2D eigenvalue weighted by Crippen LogP contribution is -2.24. The number of para-hydroxylation sites is 1. The van der Waals surface area contributed by atoms with Gasteiger partial charge in [-0.2, -0.15) is 0 Å². The molecule has 0 spiro atoms. The first-order chi connectivity index (χ1) is 12.3. The van der Waals surface area contributed by atoms with Crippen molar-refractivity contribution in [3.63, 3.8) is 0 Å². The van der Waals surface area contributed by atoms with Gasteiger partial charge in [-0.25, -0.2) is 0 Å². The molecule has 1 N–H and O–H groups in total. The van der Waals surface area contributed by atoms with Crippen LogP contribution in [0.15, 0.2) is 66.7 Å². The quantitative estimate of drug-likeness (QED) is 0.824. The van der Waals surface area contributed by atoms with Gasteiger partial charge in [-0.3, -0.25) is 9.59 Å². The standard InChI is InChI=1S/C22H26N2O2/c1-22(2,3)18-12-8-9-13-19(18)23-20(25)14-15-21(26)24(4)16-17-10-6-5-7-11-17/h5-15H,16H2,1-4H3,(H,23,25). The number of anilines is 1. The van der Waals surface area contributed by atoms with Gasteiger partial charge in [-0.1, -0.05) is 69.3 Å². The molecule has 2 rings (SSSR count). The van der Waals surface area contributed by atoms with Crippen molar-refractivity contribution >= 4 is 17.5 Å². The number of likely N-dealkylation sites (N-methyl/N-ethyl adjacent to an activating group) is 1. The number of amides is 2. The third-order valence-electron chi connectivity index (χ3n) is 4.01. The highest BCUT2D eigenvalue weighted by Gasteiger charge is 2.18. The Labute approximate surface area is 155 Å². The van der Waals surface area contributed by atoms with Crippen LogP contribution in [-0.2, 0) is 21.5 Å². The molecule has 0 atom stereocenters. The molecule has 2 aromatic carbocycles. The van der Waals surface area contributed by atoms with E-state index in [1.54, 1.807) is 11.9 Å². The molecule has 0 bridgehead atoms. The van der Waals surface area contributed by atoms with E-state index in [0.29, 0.717) is 6.54 Å². The van der Waals surface area contributed by atoms with Gasteiger partial charge in [-0.05, 0) is 22.6 Å². The molecule has 0 aliphatic rings. The van der Waals surface area contributed by atoms with Gasteiger partial charge in [0.1, 0.15) is 0 Å². The lowest BCUT2D eigenvalue weighted by atomic mass is 9.86. The molecule has 0 saturated heterocycles. The van der Waals surface area contributed by atoms with Crippen molar-refractivity contribution in [2.24, 2.45) is 0 Å². The van der Waals surface area contributed by atoms with Gasteiger partial charge in [0, 0.05) is 31.4 Å². The predicted octanol–water partition coefficient (Wildman–Crippen LogP) is 4.14. The van der Waals surface area contributed by atoms with E-state index in [-0.39, 0.29) is 17.2 Å². The fourth-order valence-corrected chi connectivity index (χ4v) is 2.63. The average Bonchev–Trinajstić information content (AvgIpc) is 2.60. The number of nitrogens with zero attached hydrogens (tertiary/aromatic N) is 1. The summed E-state index contributed by atoms with van der Waals surface area (Å²) < 4.78 is 0. The summed E-state index contributed by atoms with van der Waals surface area (Å²) in [6.07, 6.45) is 2.58. The summed E-state index contributed by atoms with van der Waals surface area (Å²) in [5.74, 6) is -0.531. The smallest absolute Gasteiger partial charge is 0.248 e. The van der Waals surface area contributed by atoms with Crippen LogP contribution in [0, 0.1) is 0 Å². The van der Waals surface area contributed by atoms with E-state index in [4.69, 9.17) is 0 Å². The van der Waals surface area contributed by atoms with Gasteiger partial charge >= 0.3 is 0 Å². The Morgan fingerprint density at radius 2 is 1.58 bits per heavy atom. The second-order valence-electron chi connectivity index (χ2n) is 7.30. The van der Waals surface area contributed by atoms with Crippen molar-refractivity contribution in [3.8, 4) is 0 Å². The van der Waals surface area contributed by atoms with E-state index >= 15 is 0 Å². The zero-order valence-electron chi connectivity index (χ0n) is 15.8. The van der Waals surface area contributed by atoms with Crippen LogP contribution in [0.1, 0.15) is 31.9 Å². The van der Waals surface area contributed by atoms with E-state index < -0.39 is 0 Å². The molecule has 2 amide bonds. The molecule has 26 heavy (non-hydrogen) atoms. The van der Waals surface area contributed by atoms with Crippen molar-refractivity contribution in [1.82, 2.24) is 4.90 Å². The molecular formula is C22H26N2O2.